The Hall–Kier alpha value is -2.70. The van der Waals surface area contributed by atoms with Gasteiger partial charge in [0.2, 0.25) is 11.8 Å². The van der Waals surface area contributed by atoms with Gasteiger partial charge in [0, 0.05) is 38.1 Å². The first-order chi connectivity index (χ1) is 12.2. The zero-order valence-electron chi connectivity index (χ0n) is 14.4. The van der Waals surface area contributed by atoms with E-state index in [0.29, 0.717) is 19.6 Å². The molecule has 2 aromatic heterocycles. The van der Waals surface area contributed by atoms with Crippen LogP contribution in [0.15, 0.2) is 36.8 Å². The number of pyridine rings is 1. The van der Waals surface area contributed by atoms with Gasteiger partial charge in [-0.2, -0.15) is 0 Å². The summed E-state index contributed by atoms with van der Waals surface area (Å²) in [5, 5.41) is 2.91. The van der Waals surface area contributed by atoms with Crippen LogP contribution in [0.1, 0.15) is 31.3 Å². The first kappa shape index (κ1) is 17.1. The number of amides is 2. The van der Waals surface area contributed by atoms with Crippen molar-refractivity contribution in [2.24, 2.45) is 5.92 Å². The lowest BCUT2D eigenvalue weighted by molar-refractivity contribution is -0.129. The second-order valence-corrected chi connectivity index (χ2v) is 6.25. The monoisotopic (exact) mass is 341 g/mol. The fraction of sp³-hybridized carbons (Fsp3) is 0.444. The summed E-state index contributed by atoms with van der Waals surface area (Å²) in [6.07, 6.45) is 6.63. The maximum absolute atomic E-state index is 12.4. The number of hydrogen-bond acceptors (Lipinski definition) is 4. The van der Waals surface area contributed by atoms with Gasteiger partial charge in [-0.05, 0) is 18.6 Å². The van der Waals surface area contributed by atoms with E-state index in [1.807, 2.05) is 29.0 Å². The molecule has 0 unspecified atom stereocenters. The van der Waals surface area contributed by atoms with E-state index in [1.54, 1.807) is 17.3 Å². The number of hydrogen-bond donors (Lipinski definition) is 1. The van der Waals surface area contributed by atoms with E-state index in [4.69, 9.17) is 0 Å². The predicted molar refractivity (Wildman–Crippen MR) is 92.1 cm³/mol. The molecule has 7 nitrogen and oxygen atoms in total. The molecular weight excluding hydrogens is 318 g/mol. The summed E-state index contributed by atoms with van der Waals surface area (Å²) in [5.74, 6) is 0.428. The summed E-state index contributed by atoms with van der Waals surface area (Å²) in [7, 11) is 0. The Morgan fingerprint density at radius 1 is 1.32 bits per heavy atom. The van der Waals surface area contributed by atoms with Gasteiger partial charge in [-0.25, -0.2) is 4.98 Å². The van der Waals surface area contributed by atoms with Gasteiger partial charge in [-0.15, -0.1) is 0 Å². The molecule has 0 radical (unpaired) electrons. The number of rotatable bonds is 7. The maximum atomic E-state index is 12.4. The Bertz CT molecular complexity index is 728. The van der Waals surface area contributed by atoms with Crippen molar-refractivity contribution < 1.29 is 9.59 Å². The average molecular weight is 341 g/mol. The van der Waals surface area contributed by atoms with Gasteiger partial charge in [0.25, 0.3) is 0 Å². The summed E-state index contributed by atoms with van der Waals surface area (Å²) in [5.41, 5.74) is 0.832. The number of nitrogens with one attached hydrogen (secondary N) is 1. The van der Waals surface area contributed by atoms with Crippen molar-refractivity contribution in [3.63, 3.8) is 0 Å². The summed E-state index contributed by atoms with van der Waals surface area (Å²) in [6, 6.07) is 5.62. The van der Waals surface area contributed by atoms with Crippen LogP contribution in [0.5, 0.6) is 0 Å². The minimum absolute atomic E-state index is 0.00159. The fourth-order valence-corrected chi connectivity index (χ4v) is 3.05. The lowest BCUT2D eigenvalue weighted by Crippen LogP contribution is -2.33. The molecule has 1 aliphatic rings. The lowest BCUT2D eigenvalue weighted by atomic mass is 10.1. The Kier molecular flexibility index (Phi) is 5.42. The maximum Gasteiger partial charge on any atom is 0.225 e. The predicted octanol–water partition coefficient (Wildman–Crippen LogP) is 1.35. The molecule has 1 saturated heterocycles. The number of nitrogens with zero attached hydrogens (tertiary/aromatic N) is 4. The van der Waals surface area contributed by atoms with Gasteiger partial charge in [0.05, 0.1) is 24.7 Å². The zero-order chi connectivity index (χ0) is 17.6. The fourth-order valence-electron chi connectivity index (χ4n) is 3.05. The second-order valence-electron chi connectivity index (χ2n) is 6.25. The zero-order valence-corrected chi connectivity index (χ0v) is 14.4. The highest BCUT2D eigenvalue weighted by molar-refractivity contribution is 5.89. The molecule has 2 amide bonds. The second kappa shape index (κ2) is 7.92. The first-order valence-electron chi connectivity index (χ1n) is 8.62. The number of imidazole rings is 1. The molecule has 1 aliphatic heterocycles. The van der Waals surface area contributed by atoms with Crippen LogP contribution in [-0.4, -0.2) is 37.8 Å². The highest BCUT2D eigenvalue weighted by Crippen LogP contribution is 2.20. The third kappa shape index (κ3) is 4.23. The minimum atomic E-state index is -0.314. The van der Waals surface area contributed by atoms with Crippen molar-refractivity contribution in [1.29, 1.82) is 0 Å². The Balaban J connectivity index is 1.53. The topological polar surface area (TPSA) is 80.1 Å². The SMILES string of the molecule is CCCn1ccnc1CNC(=O)[C@@H]1CC(=O)N(Cc2ccccn2)C1. The molecule has 132 valence electrons. The van der Waals surface area contributed by atoms with Crippen LogP contribution >= 0.6 is 0 Å². The van der Waals surface area contributed by atoms with Crippen molar-refractivity contribution in [3.8, 4) is 0 Å². The molecule has 0 saturated carbocycles. The summed E-state index contributed by atoms with van der Waals surface area (Å²) in [6.45, 7) is 4.25. The van der Waals surface area contributed by atoms with Crippen LogP contribution in [-0.2, 0) is 29.2 Å². The minimum Gasteiger partial charge on any atom is -0.349 e. The number of aromatic nitrogens is 3. The van der Waals surface area contributed by atoms with Crippen molar-refractivity contribution >= 4 is 11.8 Å². The van der Waals surface area contributed by atoms with Gasteiger partial charge in [0.1, 0.15) is 5.82 Å². The Labute approximate surface area is 147 Å². The highest BCUT2D eigenvalue weighted by atomic mass is 16.2. The van der Waals surface area contributed by atoms with Crippen LogP contribution in [0.3, 0.4) is 0 Å². The number of aryl methyl sites for hydroxylation is 1. The molecule has 3 heterocycles. The quantitative estimate of drug-likeness (QED) is 0.824. The normalized spacial score (nSPS) is 17.1. The average Bonchev–Trinajstić information content (AvgIpc) is 3.21. The Morgan fingerprint density at radius 2 is 2.20 bits per heavy atom. The highest BCUT2D eigenvalue weighted by Gasteiger charge is 2.34. The van der Waals surface area contributed by atoms with Gasteiger partial charge in [-0.1, -0.05) is 13.0 Å². The van der Waals surface area contributed by atoms with E-state index in [0.717, 1.165) is 24.5 Å². The van der Waals surface area contributed by atoms with Crippen molar-refractivity contribution in [2.45, 2.75) is 39.4 Å². The van der Waals surface area contributed by atoms with Crippen LogP contribution in [0.2, 0.25) is 0 Å². The van der Waals surface area contributed by atoms with Crippen molar-refractivity contribution in [2.75, 3.05) is 6.54 Å². The van der Waals surface area contributed by atoms with Crippen LogP contribution < -0.4 is 5.32 Å². The molecule has 7 heteroatoms. The number of carbonyl (C=O) groups is 2. The van der Waals surface area contributed by atoms with Crippen molar-refractivity contribution in [3.05, 3.63) is 48.3 Å². The Morgan fingerprint density at radius 3 is 2.96 bits per heavy atom. The third-order valence-electron chi connectivity index (χ3n) is 4.35. The molecule has 25 heavy (non-hydrogen) atoms. The summed E-state index contributed by atoms with van der Waals surface area (Å²) < 4.78 is 2.04. The first-order valence-corrected chi connectivity index (χ1v) is 8.62. The van der Waals surface area contributed by atoms with E-state index in [-0.39, 0.29) is 24.2 Å². The molecule has 1 fully saturated rings. The molecule has 3 rings (SSSR count). The summed E-state index contributed by atoms with van der Waals surface area (Å²) in [4.78, 5) is 34.8. The van der Waals surface area contributed by atoms with Gasteiger partial charge >= 0.3 is 0 Å². The molecule has 0 spiro atoms. The molecule has 0 aromatic carbocycles. The van der Waals surface area contributed by atoms with E-state index < -0.39 is 0 Å². The third-order valence-corrected chi connectivity index (χ3v) is 4.35. The molecule has 2 aromatic rings. The lowest BCUT2D eigenvalue weighted by Gasteiger charge is -2.16. The standard InChI is InChI=1S/C18H23N5O2/c1-2-8-22-9-7-20-16(22)11-21-18(25)14-10-17(24)23(12-14)13-15-5-3-4-6-19-15/h3-7,9,14H,2,8,10-13H2,1H3,(H,21,25)/t14-/m1/s1. The molecule has 1 atom stereocenters. The van der Waals surface area contributed by atoms with E-state index in [2.05, 4.69) is 22.2 Å². The van der Waals surface area contributed by atoms with Gasteiger partial charge in [-0.3, -0.25) is 14.6 Å². The van der Waals surface area contributed by atoms with Crippen LogP contribution in [0.4, 0.5) is 0 Å². The van der Waals surface area contributed by atoms with Crippen LogP contribution in [0.25, 0.3) is 0 Å². The molecule has 0 bridgehead atoms. The van der Waals surface area contributed by atoms with Gasteiger partial charge < -0.3 is 14.8 Å². The largest absolute Gasteiger partial charge is 0.349 e. The van der Waals surface area contributed by atoms with Crippen LogP contribution in [0, 0.1) is 5.92 Å². The summed E-state index contributed by atoms with van der Waals surface area (Å²) >= 11 is 0. The molecule has 0 aliphatic carbocycles. The number of carbonyl (C=O) groups excluding carboxylic acids is 2. The molecule has 1 N–H and O–H groups in total. The van der Waals surface area contributed by atoms with E-state index in [9.17, 15) is 9.59 Å². The molecular formula is C18H23N5O2. The smallest absolute Gasteiger partial charge is 0.225 e. The van der Waals surface area contributed by atoms with Crippen molar-refractivity contribution in [1.82, 2.24) is 24.8 Å². The van der Waals surface area contributed by atoms with Gasteiger partial charge in [0.15, 0.2) is 0 Å². The van der Waals surface area contributed by atoms with E-state index in [1.165, 1.54) is 0 Å². The van der Waals surface area contributed by atoms with E-state index >= 15 is 0 Å². The number of likely N-dealkylation sites (tertiary alicyclic amines) is 1.